The van der Waals surface area contributed by atoms with Crippen LogP contribution in [-0.4, -0.2) is 97.5 Å². The Morgan fingerprint density at radius 2 is 1.12 bits per heavy atom. The number of nitrogens with one attached hydrogen (secondary N) is 1. The molecule has 0 aliphatic carbocycles. The molecule has 202 valence electrons. The molecule has 0 saturated carbocycles. The summed E-state index contributed by atoms with van der Waals surface area (Å²) >= 11 is 0. The molecular weight excluding hydrogens is 442 g/mol. The highest BCUT2D eigenvalue weighted by molar-refractivity contribution is 5.79. The number of carbonyl (C=O) groups excluding carboxylic acids is 2. The zero-order valence-corrected chi connectivity index (χ0v) is 21.8. The number of unbranched alkanes of at least 4 members (excludes halogenated alkanes) is 3. The number of hydrogen-bond donors (Lipinski definition) is 1. The quantitative estimate of drug-likeness (QED) is 0.175. The predicted octanol–water partition coefficient (Wildman–Crippen LogP) is 2.79. The van der Waals surface area contributed by atoms with Crippen molar-refractivity contribution in [1.82, 2.24) is 5.32 Å². The lowest BCUT2D eigenvalue weighted by atomic mass is 10.1. The second kappa shape index (κ2) is 26.5. The van der Waals surface area contributed by atoms with Crippen LogP contribution in [0.25, 0.3) is 0 Å². The van der Waals surface area contributed by atoms with E-state index in [0.717, 1.165) is 19.3 Å². The Morgan fingerprint density at radius 3 is 1.59 bits per heavy atom. The van der Waals surface area contributed by atoms with Gasteiger partial charge in [0, 0.05) is 18.9 Å². The molecule has 1 amide bonds. The molecule has 0 heterocycles. The van der Waals surface area contributed by atoms with Crippen LogP contribution in [0.15, 0.2) is 0 Å². The van der Waals surface area contributed by atoms with Gasteiger partial charge >= 0.3 is 0 Å². The molecule has 0 aliphatic rings. The Morgan fingerprint density at radius 1 is 0.647 bits per heavy atom. The number of Topliss-reactive ketones (excluding diaryl/α,β-unsaturated/α-hetero) is 1. The van der Waals surface area contributed by atoms with Crippen molar-refractivity contribution in [2.24, 2.45) is 5.92 Å². The molecule has 9 heteroatoms. The summed E-state index contributed by atoms with van der Waals surface area (Å²) in [5, 5.41) is 2.84. The molecule has 0 saturated heterocycles. The van der Waals surface area contributed by atoms with E-state index >= 15 is 0 Å². The second-order valence-electron chi connectivity index (χ2n) is 8.06. The number of ketones is 1. The van der Waals surface area contributed by atoms with Gasteiger partial charge in [0.05, 0.1) is 72.7 Å². The summed E-state index contributed by atoms with van der Waals surface area (Å²) in [4.78, 5) is 23.2. The zero-order valence-electron chi connectivity index (χ0n) is 21.8. The summed E-state index contributed by atoms with van der Waals surface area (Å²) < 4.78 is 32.4. The Balaban J connectivity index is 3.15. The summed E-state index contributed by atoms with van der Waals surface area (Å²) in [6.07, 6.45) is 5.87. The Hall–Kier alpha value is -1.10. The van der Waals surface area contributed by atoms with Crippen molar-refractivity contribution in [2.45, 2.75) is 59.3 Å². The van der Waals surface area contributed by atoms with Gasteiger partial charge in [0.2, 0.25) is 5.91 Å². The fourth-order valence-corrected chi connectivity index (χ4v) is 2.71. The van der Waals surface area contributed by atoms with Crippen LogP contribution in [0.1, 0.15) is 59.3 Å². The van der Waals surface area contributed by atoms with Crippen molar-refractivity contribution in [3.8, 4) is 0 Å². The van der Waals surface area contributed by atoms with Crippen LogP contribution in [0.3, 0.4) is 0 Å². The summed E-state index contributed by atoms with van der Waals surface area (Å²) in [5.41, 5.74) is 0. The van der Waals surface area contributed by atoms with E-state index in [1.807, 2.05) is 13.8 Å². The molecule has 1 unspecified atom stereocenters. The summed E-state index contributed by atoms with van der Waals surface area (Å²) in [7, 11) is 0. The number of ether oxygens (including phenoxy) is 6. The first kappa shape index (κ1) is 32.9. The van der Waals surface area contributed by atoms with Gasteiger partial charge in [0.1, 0.15) is 6.61 Å². The number of amides is 1. The molecule has 1 atom stereocenters. The van der Waals surface area contributed by atoms with Crippen LogP contribution in [0, 0.1) is 5.92 Å². The SMILES string of the molecule is CCCCCCC(=O)COCCOCCOCCOCCOCCOCCNC(=O)C(C)CC. The van der Waals surface area contributed by atoms with Crippen molar-refractivity contribution in [3.63, 3.8) is 0 Å². The van der Waals surface area contributed by atoms with Gasteiger partial charge in [0.15, 0.2) is 5.78 Å². The fourth-order valence-electron chi connectivity index (χ4n) is 2.71. The van der Waals surface area contributed by atoms with Crippen molar-refractivity contribution in [2.75, 3.05) is 85.8 Å². The molecule has 0 aromatic rings. The molecule has 0 spiro atoms. The highest BCUT2D eigenvalue weighted by atomic mass is 16.6. The van der Waals surface area contributed by atoms with Crippen LogP contribution in [0.2, 0.25) is 0 Å². The molecule has 0 aromatic heterocycles. The Bertz CT molecular complexity index is 464. The third kappa shape index (κ3) is 24.0. The lowest BCUT2D eigenvalue weighted by Gasteiger charge is -2.10. The standard InChI is InChI=1S/C25H49NO8/c1-4-6-7-8-9-24(27)22-34-21-20-33-19-18-32-17-16-31-15-14-30-13-12-29-11-10-26-25(28)23(3)5-2/h23H,4-22H2,1-3H3,(H,26,28). The second-order valence-corrected chi connectivity index (χ2v) is 8.06. The normalized spacial score (nSPS) is 12.1. The number of carbonyl (C=O) groups is 2. The molecule has 0 rings (SSSR count). The third-order valence-electron chi connectivity index (χ3n) is 5.04. The Labute approximate surface area is 206 Å². The molecule has 0 aliphatic heterocycles. The first-order chi connectivity index (χ1) is 16.6. The topological polar surface area (TPSA) is 102 Å². The zero-order chi connectivity index (χ0) is 25.1. The van der Waals surface area contributed by atoms with Crippen molar-refractivity contribution in [3.05, 3.63) is 0 Å². The maximum absolute atomic E-state index is 11.6. The average Bonchev–Trinajstić information content (AvgIpc) is 2.84. The molecule has 0 aromatic carbocycles. The van der Waals surface area contributed by atoms with Crippen molar-refractivity contribution in [1.29, 1.82) is 0 Å². The van der Waals surface area contributed by atoms with E-state index in [4.69, 9.17) is 28.4 Å². The molecule has 0 bridgehead atoms. The third-order valence-corrected chi connectivity index (χ3v) is 5.04. The van der Waals surface area contributed by atoms with E-state index in [1.54, 1.807) is 0 Å². The van der Waals surface area contributed by atoms with E-state index in [-0.39, 0.29) is 24.2 Å². The summed E-state index contributed by atoms with van der Waals surface area (Å²) in [5.74, 6) is 0.274. The molecule has 0 radical (unpaired) electrons. The van der Waals surface area contributed by atoms with Gasteiger partial charge in [-0.05, 0) is 12.8 Å². The van der Waals surface area contributed by atoms with Crippen LogP contribution < -0.4 is 5.32 Å². The monoisotopic (exact) mass is 491 g/mol. The Kier molecular flexibility index (Phi) is 25.6. The molecule has 9 nitrogen and oxygen atoms in total. The van der Waals surface area contributed by atoms with E-state index in [1.165, 1.54) is 12.8 Å². The van der Waals surface area contributed by atoms with Crippen molar-refractivity contribution >= 4 is 11.7 Å². The van der Waals surface area contributed by atoms with Crippen molar-refractivity contribution < 1.29 is 38.0 Å². The van der Waals surface area contributed by atoms with Gasteiger partial charge in [-0.1, -0.05) is 40.0 Å². The van der Waals surface area contributed by atoms with E-state index in [2.05, 4.69) is 12.2 Å². The predicted molar refractivity (Wildman–Crippen MR) is 131 cm³/mol. The number of rotatable bonds is 27. The molecule has 34 heavy (non-hydrogen) atoms. The highest BCUT2D eigenvalue weighted by Gasteiger charge is 2.08. The van der Waals surface area contributed by atoms with Gasteiger partial charge in [-0.15, -0.1) is 0 Å². The number of hydrogen-bond acceptors (Lipinski definition) is 8. The molecular formula is C25H49NO8. The molecule has 0 fully saturated rings. The van der Waals surface area contributed by atoms with E-state index < -0.39 is 0 Å². The minimum absolute atomic E-state index is 0.0422. The highest BCUT2D eigenvalue weighted by Crippen LogP contribution is 2.03. The van der Waals surface area contributed by atoms with E-state index in [9.17, 15) is 9.59 Å². The minimum Gasteiger partial charge on any atom is -0.377 e. The van der Waals surface area contributed by atoms with Gasteiger partial charge in [-0.25, -0.2) is 0 Å². The fraction of sp³-hybridized carbons (Fsp3) is 0.920. The largest absolute Gasteiger partial charge is 0.377 e. The van der Waals surface area contributed by atoms with Gasteiger partial charge in [-0.3, -0.25) is 9.59 Å². The average molecular weight is 492 g/mol. The van der Waals surface area contributed by atoms with Gasteiger partial charge in [0.25, 0.3) is 0 Å². The van der Waals surface area contributed by atoms with Crippen LogP contribution in [0.4, 0.5) is 0 Å². The van der Waals surface area contributed by atoms with Crippen LogP contribution >= 0.6 is 0 Å². The first-order valence-electron chi connectivity index (χ1n) is 12.9. The van der Waals surface area contributed by atoms with Gasteiger partial charge in [-0.2, -0.15) is 0 Å². The summed E-state index contributed by atoms with van der Waals surface area (Å²) in [6.45, 7) is 12.1. The lowest BCUT2D eigenvalue weighted by molar-refractivity contribution is -0.125. The maximum Gasteiger partial charge on any atom is 0.222 e. The van der Waals surface area contributed by atoms with Crippen LogP contribution in [0.5, 0.6) is 0 Å². The minimum atomic E-state index is 0.0422. The van der Waals surface area contributed by atoms with Crippen LogP contribution in [-0.2, 0) is 38.0 Å². The van der Waals surface area contributed by atoms with Gasteiger partial charge < -0.3 is 33.7 Å². The first-order valence-corrected chi connectivity index (χ1v) is 12.9. The smallest absolute Gasteiger partial charge is 0.222 e. The van der Waals surface area contributed by atoms with E-state index in [0.29, 0.717) is 85.6 Å². The maximum atomic E-state index is 11.6. The lowest BCUT2D eigenvalue weighted by Crippen LogP contribution is -2.31. The molecule has 1 N–H and O–H groups in total. The summed E-state index contributed by atoms with van der Waals surface area (Å²) in [6, 6.07) is 0.